The minimum absolute atomic E-state index is 0.0843. The van der Waals surface area contributed by atoms with E-state index in [4.69, 9.17) is 9.84 Å². The van der Waals surface area contributed by atoms with Gasteiger partial charge < -0.3 is 14.7 Å². The highest BCUT2D eigenvalue weighted by Gasteiger charge is 2.37. The number of fused-ring (bicyclic) bond motifs is 1. The number of nitrogens with zero attached hydrogens (tertiary/aromatic N) is 2. The molecule has 2 heterocycles. The number of benzene rings is 1. The third-order valence-corrected chi connectivity index (χ3v) is 3.76. The molecule has 0 saturated heterocycles. The molecule has 0 aliphatic carbocycles. The zero-order valence-electron chi connectivity index (χ0n) is 11.9. The van der Waals surface area contributed by atoms with Crippen LogP contribution in [0, 0.1) is 0 Å². The smallest absolute Gasteiger partial charge is 0.435 e. The fourth-order valence-corrected chi connectivity index (χ4v) is 2.54. The molecule has 2 aromatic rings. The van der Waals surface area contributed by atoms with E-state index in [0.717, 1.165) is 4.90 Å². The number of hydrogen-bond acceptors (Lipinski definition) is 3. The van der Waals surface area contributed by atoms with Crippen molar-refractivity contribution in [2.24, 2.45) is 0 Å². The van der Waals surface area contributed by atoms with E-state index in [9.17, 15) is 18.0 Å². The summed E-state index contributed by atoms with van der Waals surface area (Å²) in [5.41, 5.74) is -0.173. The van der Waals surface area contributed by atoms with E-state index in [-0.39, 0.29) is 12.2 Å². The second-order valence-electron chi connectivity index (χ2n) is 5.12. The summed E-state index contributed by atoms with van der Waals surface area (Å²) in [5, 5.41) is 14.5. The van der Waals surface area contributed by atoms with Crippen LogP contribution in [-0.2, 0) is 6.18 Å². The highest BCUT2D eigenvalue weighted by atomic mass is 19.4. The van der Waals surface area contributed by atoms with Crippen LogP contribution in [0.1, 0.15) is 17.3 Å². The first-order chi connectivity index (χ1) is 10.8. The molecule has 122 valence electrons. The zero-order chi connectivity index (χ0) is 16.8. The van der Waals surface area contributed by atoms with Gasteiger partial charge in [0.15, 0.2) is 5.69 Å². The van der Waals surface area contributed by atoms with Gasteiger partial charge >= 0.3 is 12.3 Å². The standard InChI is InChI=1S/C14H12F3N3O3/c1-20(13(21)22)10-6-23-11-4-7(2-3-8(10)11)9-5-18-19-12(9)14(15,16)17/h2-5,10H,6H2,1H3,(H,18,19)(H,21,22)/t10-/m1/s1. The third kappa shape index (κ3) is 2.58. The number of halogens is 3. The maximum Gasteiger partial charge on any atom is 0.435 e. The van der Waals surface area contributed by atoms with Crippen LogP contribution in [0.15, 0.2) is 24.4 Å². The van der Waals surface area contributed by atoms with Gasteiger partial charge in [-0.15, -0.1) is 0 Å². The number of alkyl halides is 3. The number of H-pyrrole nitrogens is 1. The monoisotopic (exact) mass is 327 g/mol. The number of aromatic nitrogens is 2. The average Bonchev–Trinajstić information content (AvgIpc) is 3.11. The van der Waals surface area contributed by atoms with Crippen molar-refractivity contribution < 1.29 is 27.8 Å². The molecule has 0 spiro atoms. The summed E-state index contributed by atoms with van der Waals surface area (Å²) in [6.07, 6.45) is -4.51. The number of rotatable bonds is 2. The van der Waals surface area contributed by atoms with Crippen molar-refractivity contribution in [1.82, 2.24) is 15.1 Å². The molecular formula is C14H12F3N3O3. The van der Waals surface area contributed by atoms with E-state index >= 15 is 0 Å². The number of nitrogens with one attached hydrogen (secondary N) is 1. The molecule has 0 fully saturated rings. The number of hydrogen-bond donors (Lipinski definition) is 2. The molecule has 0 bridgehead atoms. The summed E-state index contributed by atoms with van der Waals surface area (Å²) in [4.78, 5) is 12.1. The second kappa shape index (κ2) is 5.18. The predicted octanol–water partition coefficient (Wildman–Crippen LogP) is 3.14. The number of carboxylic acid groups (broad SMARTS) is 1. The van der Waals surface area contributed by atoms with Crippen LogP contribution in [0.3, 0.4) is 0 Å². The van der Waals surface area contributed by atoms with Crippen LogP contribution in [0.4, 0.5) is 18.0 Å². The van der Waals surface area contributed by atoms with E-state index in [2.05, 4.69) is 10.2 Å². The Labute approximate surface area is 128 Å². The molecule has 9 heteroatoms. The van der Waals surface area contributed by atoms with Gasteiger partial charge in [0.1, 0.15) is 12.4 Å². The van der Waals surface area contributed by atoms with Crippen LogP contribution in [-0.4, -0.2) is 40.0 Å². The van der Waals surface area contributed by atoms with E-state index in [0.29, 0.717) is 16.9 Å². The highest BCUT2D eigenvalue weighted by Crippen LogP contribution is 2.41. The number of amides is 1. The predicted molar refractivity (Wildman–Crippen MR) is 73.0 cm³/mol. The maximum absolute atomic E-state index is 12.9. The van der Waals surface area contributed by atoms with Crippen molar-refractivity contribution in [3.63, 3.8) is 0 Å². The first kappa shape index (κ1) is 15.2. The second-order valence-corrected chi connectivity index (χ2v) is 5.12. The Bertz CT molecular complexity index is 757. The minimum Gasteiger partial charge on any atom is -0.491 e. The molecule has 1 aromatic carbocycles. The topological polar surface area (TPSA) is 78.5 Å². The molecule has 3 rings (SSSR count). The minimum atomic E-state index is -4.57. The number of likely N-dealkylation sites (N-methyl/N-ethyl adjacent to an activating group) is 1. The largest absolute Gasteiger partial charge is 0.491 e. The Hall–Kier alpha value is -2.71. The Morgan fingerprint density at radius 3 is 2.87 bits per heavy atom. The highest BCUT2D eigenvalue weighted by molar-refractivity contribution is 5.70. The summed E-state index contributed by atoms with van der Waals surface area (Å²) >= 11 is 0. The number of aromatic amines is 1. The zero-order valence-corrected chi connectivity index (χ0v) is 11.9. The Morgan fingerprint density at radius 1 is 1.48 bits per heavy atom. The van der Waals surface area contributed by atoms with Crippen LogP contribution in [0.2, 0.25) is 0 Å². The van der Waals surface area contributed by atoms with Gasteiger partial charge in [0, 0.05) is 24.4 Å². The van der Waals surface area contributed by atoms with Crippen molar-refractivity contribution >= 4 is 6.09 Å². The van der Waals surface area contributed by atoms with Crippen molar-refractivity contribution in [3.05, 3.63) is 35.7 Å². The average molecular weight is 327 g/mol. The normalized spacial score (nSPS) is 16.8. The molecule has 1 aromatic heterocycles. The van der Waals surface area contributed by atoms with Gasteiger partial charge in [-0.2, -0.15) is 18.3 Å². The molecule has 1 atom stereocenters. The molecular weight excluding hydrogens is 315 g/mol. The van der Waals surface area contributed by atoms with Crippen molar-refractivity contribution in [3.8, 4) is 16.9 Å². The fourth-order valence-electron chi connectivity index (χ4n) is 2.54. The van der Waals surface area contributed by atoms with Gasteiger partial charge in [0.05, 0.1) is 6.04 Å². The number of ether oxygens (including phenoxy) is 1. The van der Waals surface area contributed by atoms with E-state index in [1.54, 1.807) is 6.07 Å². The van der Waals surface area contributed by atoms with Gasteiger partial charge in [0.25, 0.3) is 0 Å². The van der Waals surface area contributed by atoms with Gasteiger partial charge in [-0.05, 0) is 11.6 Å². The first-order valence-electron chi connectivity index (χ1n) is 6.63. The Morgan fingerprint density at radius 2 is 2.22 bits per heavy atom. The van der Waals surface area contributed by atoms with Crippen LogP contribution in [0.25, 0.3) is 11.1 Å². The van der Waals surface area contributed by atoms with Gasteiger partial charge in [-0.3, -0.25) is 5.10 Å². The lowest BCUT2D eigenvalue weighted by molar-refractivity contribution is -0.140. The van der Waals surface area contributed by atoms with Crippen molar-refractivity contribution in [2.75, 3.05) is 13.7 Å². The molecule has 0 radical (unpaired) electrons. The molecule has 23 heavy (non-hydrogen) atoms. The van der Waals surface area contributed by atoms with Gasteiger partial charge in [-0.25, -0.2) is 4.79 Å². The van der Waals surface area contributed by atoms with E-state index in [1.807, 2.05) is 0 Å². The Kier molecular flexibility index (Phi) is 3.42. The van der Waals surface area contributed by atoms with E-state index < -0.39 is 24.0 Å². The molecule has 6 nitrogen and oxygen atoms in total. The summed E-state index contributed by atoms with van der Waals surface area (Å²) in [6.45, 7) is 0.124. The van der Waals surface area contributed by atoms with Crippen molar-refractivity contribution in [1.29, 1.82) is 0 Å². The first-order valence-corrected chi connectivity index (χ1v) is 6.63. The molecule has 0 saturated carbocycles. The maximum atomic E-state index is 12.9. The lowest BCUT2D eigenvalue weighted by atomic mass is 10.0. The van der Waals surface area contributed by atoms with Crippen LogP contribution >= 0.6 is 0 Å². The van der Waals surface area contributed by atoms with Crippen LogP contribution in [0.5, 0.6) is 5.75 Å². The third-order valence-electron chi connectivity index (χ3n) is 3.76. The summed E-state index contributed by atoms with van der Waals surface area (Å²) in [6, 6.07) is 4.05. The summed E-state index contributed by atoms with van der Waals surface area (Å²) in [5.74, 6) is 0.370. The lowest BCUT2D eigenvalue weighted by Crippen LogP contribution is -2.30. The SMILES string of the molecule is CN(C(=O)O)[C@@H]1COc2cc(-c3c[nH]nc3C(F)(F)F)ccc21. The van der Waals surface area contributed by atoms with Crippen molar-refractivity contribution in [2.45, 2.75) is 12.2 Å². The summed E-state index contributed by atoms with van der Waals surface area (Å²) in [7, 11) is 1.41. The molecule has 1 aliphatic heterocycles. The molecule has 1 aliphatic rings. The van der Waals surface area contributed by atoms with Crippen LogP contribution < -0.4 is 4.74 Å². The van der Waals surface area contributed by atoms with Gasteiger partial charge in [-0.1, -0.05) is 12.1 Å². The lowest BCUT2D eigenvalue weighted by Gasteiger charge is -2.19. The van der Waals surface area contributed by atoms with Gasteiger partial charge in [0.2, 0.25) is 0 Å². The molecule has 1 amide bonds. The van der Waals surface area contributed by atoms with E-state index in [1.165, 1.54) is 25.4 Å². The fraction of sp³-hybridized carbons (Fsp3) is 0.286. The quantitative estimate of drug-likeness (QED) is 0.888. The molecule has 2 N–H and O–H groups in total. The molecule has 0 unspecified atom stereocenters. The summed E-state index contributed by atoms with van der Waals surface area (Å²) < 4.78 is 44.2. The number of carbonyl (C=O) groups is 1. The Balaban J connectivity index is 1.98.